The molecule has 0 bridgehead atoms. The largest absolute Gasteiger partial charge is 0.355 e. The first-order valence-electron chi connectivity index (χ1n) is 9.28. The molecule has 2 fully saturated rings. The summed E-state index contributed by atoms with van der Waals surface area (Å²) >= 11 is 6.28. The number of piperazine rings is 1. The van der Waals surface area contributed by atoms with Crippen LogP contribution in [0.2, 0.25) is 5.02 Å². The molecule has 3 heterocycles. The average Bonchev–Trinajstić information content (AvgIpc) is 3.10. The molecule has 7 nitrogen and oxygen atoms in total. The predicted octanol–water partition coefficient (Wildman–Crippen LogP) is 0.725. The summed E-state index contributed by atoms with van der Waals surface area (Å²) in [4.78, 5) is 15.8. The van der Waals surface area contributed by atoms with Gasteiger partial charge in [0.1, 0.15) is 5.82 Å². The maximum Gasteiger partial charge on any atom is 0.191 e. The van der Waals surface area contributed by atoms with Crippen molar-refractivity contribution >= 4 is 23.4 Å². The lowest BCUT2D eigenvalue weighted by molar-refractivity contribution is 0.116. The minimum Gasteiger partial charge on any atom is -0.355 e. The maximum absolute atomic E-state index is 6.28. The maximum atomic E-state index is 6.28. The highest BCUT2D eigenvalue weighted by molar-refractivity contribution is 6.32. The van der Waals surface area contributed by atoms with Crippen molar-refractivity contribution < 1.29 is 0 Å². The summed E-state index contributed by atoms with van der Waals surface area (Å²) in [5.74, 6) is 1.74. The Morgan fingerprint density at radius 3 is 2.92 bits per heavy atom. The molecular formula is C18H30ClN7. The van der Waals surface area contributed by atoms with Crippen LogP contribution < -0.4 is 15.5 Å². The fraction of sp³-hybridized carbons (Fsp3) is 0.667. The molecule has 3 rings (SSSR count). The van der Waals surface area contributed by atoms with Crippen LogP contribution in [0.15, 0.2) is 23.3 Å². The molecule has 144 valence electrons. The van der Waals surface area contributed by atoms with Gasteiger partial charge in [-0.2, -0.15) is 0 Å². The first kappa shape index (κ1) is 19.2. The molecule has 1 aromatic heterocycles. The van der Waals surface area contributed by atoms with Crippen LogP contribution in [-0.2, 0) is 0 Å². The van der Waals surface area contributed by atoms with Crippen molar-refractivity contribution in [3.05, 3.63) is 23.4 Å². The predicted molar refractivity (Wildman–Crippen MR) is 108 cm³/mol. The molecule has 0 spiro atoms. The lowest BCUT2D eigenvalue weighted by atomic mass is 10.2. The summed E-state index contributed by atoms with van der Waals surface area (Å²) in [6, 6.07) is 4.59. The molecule has 0 radical (unpaired) electrons. The van der Waals surface area contributed by atoms with Gasteiger partial charge in [-0.1, -0.05) is 11.6 Å². The van der Waals surface area contributed by atoms with E-state index < -0.39 is 0 Å². The fourth-order valence-corrected chi connectivity index (χ4v) is 3.85. The summed E-state index contributed by atoms with van der Waals surface area (Å²) in [5.41, 5.74) is 0. The first-order chi connectivity index (χ1) is 12.6. The third-order valence-corrected chi connectivity index (χ3v) is 5.57. The van der Waals surface area contributed by atoms with Gasteiger partial charge in [-0.25, -0.2) is 4.98 Å². The molecule has 2 unspecified atom stereocenters. The Hall–Kier alpha value is -1.57. The quantitative estimate of drug-likeness (QED) is 0.594. The van der Waals surface area contributed by atoms with Crippen LogP contribution in [0.25, 0.3) is 0 Å². The SMILES string of the molecule is CN=C(NCC1CN(C)CCN1C)NC1CCN(c2ncccc2Cl)C1. The molecule has 2 N–H and O–H groups in total. The third-order valence-electron chi connectivity index (χ3n) is 5.28. The van der Waals surface area contributed by atoms with E-state index in [1.165, 1.54) is 0 Å². The number of aliphatic imine (C=N–C) groups is 1. The molecule has 8 heteroatoms. The molecule has 2 aliphatic rings. The van der Waals surface area contributed by atoms with Gasteiger partial charge in [0, 0.05) is 64.6 Å². The molecule has 0 aromatic carbocycles. The summed E-state index contributed by atoms with van der Waals surface area (Å²) in [5, 5.41) is 7.75. The number of nitrogens with one attached hydrogen (secondary N) is 2. The Balaban J connectivity index is 1.49. The number of aromatic nitrogens is 1. The van der Waals surface area contributed by atoms with Crippen LogP contribution in [0.3, 0.4) is 0 Å². The summed E-state index contributed by atoms with van der Waals surface area (Å²) in [7, 11) is 6.21. The average molecular weight is 380 g/mol. The third kappa shape index (κ3) is 4.78. The van der Waals surface area contributed by atoms with Crippen molar-refractivity contribution in [2.24, 2.45) is 4.99 Å². The van der Waals surface area contributed by atoms with Gasteiger partial charge in [0.2, 0.25) is 0 Å². The summed E-state index contributed by atoms with van der Waals surface area (Å²) in [6.07, 6.45) is 2.83. The van der Waals surface area contributed by atoms with E-state index in [1.807, 2.05) is 19.2 Å². The number of rotatable bonds is 4. The molecule has 26 heavy (non-hydrogen) atoms. The Morgan fingerprint density at radius 2 is 2.15 bits per heavy atom. The number of halogens is 1. The Kier molecular flexibility index (Phi) is 6.56. The Bertz CT molecular complexity index is 623. The van der Waals surface area contributed by atoms with Crippen molar-refractivity contribution in [3.8, 4) is 0 Å². The normalized spacial score (nSPS) is 25.5. The topological polar surface area (TPSA) is 59.0 Å². The van der Waals surface area contributed by atoms with Crippen LogP contribution in [0.4, 0.5) is 5.82 Å². The highest BCUT2D eigenvalue weighted by Gasteiger charge is 2.26. The van der Waals surface area contributed by atoms with Crippen molar-refractivity contribution in [1.82, 2.24) is 25.4 Å². The van der Waals surface area contributed by atoms with Gasteiger partial charge >= 0.3 is 0 Å². The molecule has 2 atom stereocenters. The van der Waals surface area contributed by atoms with E-state index in [2.05, 4.69) is 49.4 Å². The smallest absolute Gasteiger partial charge is 0.191 e. The molecule has 2 saturated heterocycles. The van der Waals surface area contributed by atoms with Crippen LogP contribution in [-0.4, -0.2) is 93.2 Å². The number of hydrogen-bond acceptors (Lipinski definition) is 5. The lowest BCUT2D eigenvalue weighted by Crippen LogP contribution is -2.56. The standard InChI is InChI=1S/C18H30ClN7/c1-20-18(22-11-15-13-24(2)9-10-25(15)3)23-14-6-8-26(12-14)17-16(19)5-4-7-21-17/h4-5,7,14-15H,6,8-13H2,1-3H3,(H2,20,22,23). The van der Waals surface area contributed by atoms with Gasteiger partial charge in [0.25, 0.3) is 0 Å². The van der Waals surface area contributed by atoms with Crippen molar-refractivity contribution in [2.75, 3.05) is 65.3 Å². The van der Waals surface area contributed by atoms with E-state index in [4.69, 9.17) is 11.6 Å². The van der Waals surface area contributed by atoms with E-state index in [-0.39, 0.29) is 0 Å². The number of pyridine rings is 1. The molecule has 0 amide bonds. The first-order valence-corrected chi connectivity index (χ1v) is 9.66. The zero-order chi connectivity index (χ0) is 18.5. The number of guanidine groups is 1. The van der Waals surface area contributed by atoms with Crippen LogP contribution in [0, 0.1) is 0 Å². The van der Waals surface area contributed by atoms with Crippen molar-refractivity contribution in [1.29, 1.82) is 0 Å². The Labute approximate surface area is 161 Å². The zero-order valence-corrected chi connectivity index (χ0v) is 16.7. The number of hydrogen-bond donors (Lipinski definition) is 2. The molecule has 0 saturated carbocycles. The van der Waals surface area contributed by atoms with Gasteiger partial charge in [0.15, 0.2) is 5.96 Å². The minimum absolute atomic E-state index is 0.339. The molecule has 1 aromatic rings. The van der Waals surface area contributed by atoms with E-state index in [0.717, 1.165) is 57.5 Å². The lowest BCUT2D eigenvalue weighted by Gasteiger charge is -2.38. The Morgan fingerprint density at radius 1 is 1.31 bits per heavy atom. The van der Waals surface area contributed by atoms with E-state index in [9.17, 15) is 0 Å². The van der Waals surface area contributed by atoms with Crippen LogP contribution in [0.1, 0.15) is 6.42 Å². The monoisotopic (exact) mass is 379 g/mol. The van der Waals surface area contributed by atoms with Gasteiger partial charge in [-0.3, -0.25) is 9.89 Å². The van der Waals surface area contributed by atoms with Gasteiger partial charge < -0.3 is 20.4 Å². The minimum atomic E-state index is 0.339. The van der Waals surface area contributed by atoms with E-state index in [0.29, 0.717) is 17.1 Å². The van der Waals surface area contributed by atoms with Gasteiger partial charge in [0.05, 0.1) is 5.02 Å². The highest BCUT2D eigenvalue weighted by atomic mass is 35.5. The summed E-state index contributed by atoms with van der Waals surface area (Å²) in [6.45, 7) is 6.04. The zero-order valence-electron chi connectivity index (χ0n) is 16.0. The summed E-state index contributed by atoms with van der Waals surface area (Å²) < 4.78 is 0. The second-order valence-electron chi connectivity index (χ2n) is 7.23. The van der Waals surface area contributed by atoms with Gasteiger partial charge in [-0.15, -0.1) is 0 Å². The molecule has 0 aliphatic carbocycles. The second-order valence-corrected chi connectivity index (χ2v) is 7.64. The van der Waals surface area contributed by atoms with E-state index >= 15 is 0 Å². The van der Waals surface area contributed by atoms with E-state index in [1.54, 1.807) is 6.20 Å². The van der Waals surface area contributed by atoms with Gasteiger partial charge in [-0.05, 0) is 32.6 Å². The fourth-order valence-electron chi connectivity index (χ4n) is 3.60. The van der Waals surface area contributed by atoms with Crippen molar-refractivity contribution in [3.63, 3.8) is 0 Å². The number of nitrogens with zero attached hydrogens (tertiary/aromatic N) is 5. The molecule has 2 aliphatic heterocycles. The molecular weight excluding hydrogens is 350 g/mol. The van der Waals surface area contributed by atoms with Crippen LogP contribution >= 0.6 is 11.6 Å². The van der Waals surface area contributed by atoms with Crippen molar-refractivity contribution in [2.45, 2.75) is 18.5 Å². The number of likely N-dealkylation sites (N-methyl/N-ethyl adjacent to an activating group) is 2. The van der Waals surface area contributed by atoms with Crippen LogP contribution in [0.5, 0.6) is 0 Å². The number of anilines is 1. The second kappa shape index (κ2) is 8.88. The highest BCUT2D eigenvalue weighted by Crippen LogP contribution is 2.25.